The van der Waals surface area contributed by atoms with Gasteiger partial charge >= 0.3 is 0 Å². The van der Waals surface area contributed by atoms with Gasteiger partial charge in [0, 0.05) is 18.8 Å². The summed E-state index contributed by atoms with van der Waals surface area (Å²) in [4.78, 5) is 4.06. The van der Waals surface area contributed by atoms with E-state index in [1.807, 2.05) is 32.0 Å². The van der Waals surface area contributed by atoms with Gasteiger partial charge in [0.15, 0.2) is 5.79 Å². The number of hydrogen-bond acceptors (Lipinski definition) is 4. The molecule has 1 saturated heterocycles. The van der Waals surface area contributed by atoms with Crippen molar-refractivity contribution >= 4 is 0 Å². The van der Waals surface area contributed by atoms with Crippen LogP contribution in [-0.4, -0.2) is 30.6 Å². The molecule has 0 bridgehead atoms. The Bertz CT molecular complexity index is 640. The van der Waals surface area contributed by atoms with E-state index < -0.39 is 5.79 Å². The Hall–Kier alpha value is -1.91. The van der Waals surface area contributed by atoms with E-state index in [0.717, 1.165) is 28.9 Å². The van der Waals surface area contributed by atoms with Crippen LogP contribution in [0.5, 0.6) is 5.75 Å². The maximum atomic E-state index is 5.91. The van der Waals surface area contributed by atoms with Crippen molar-refractivity contribution in [3.63, 3.8) is 0 Å². The summed E-state index contributed by atoms with van der Waals surface area (Å²) in [5, 5.41) is 0. The fourth-order valence-electron chi connectivity index (χ4n) is 2.77. The molecule has 0 N–H and O–H groups in total. The van der Waals surface area contributed by atoms with Gasteiger partial charge < -0.3 is 14.2 Å². The van der Waals surface area contributed by atoms with Gasteiger partial charge in [-0.05, 0) is 54.8 Å². The molecule has 0 amide bonds. The summed E-state index contributed by atoms with van der Waals surface area (Å²) in [7, 11) is 1.70. The number of pyridine rings is 1. The van der Waals surface area contributed by atoms with Crippen molar-refractivity contribution < 1.29 is 14.2 Å². The molecule has 0 spiro atoms. The first-order valence-corrected chi connectivity index (χ1v) is 7.46. The van der Waals surface area contributed by atoms with Crippen LogP contribution in [-0.2, 0) is 15.9 Å². The molecule has 0 aliphatic carbocycles. The van der Waals surface area contributed by atoms with Gasteiger partial charge in [-0.1, -0.05) is 6.07 Å². The Kier molecular flexibility index (Phi) is 4.14. The van der Waals surface area contributed by atoms with Crippen LogP contribution < -0.4 is 4.74 Å². The van der Waals surface area contributed by atoms with E-state index in [9.17, 15) is 0 Å². The number of methoxy groups -OCH3 is 1. The SMILES string of the molecule is COc1ccc(-c2ccncc2)cc1CC1COC(C)(C)O1. The fraction of sp³-hybridized carbons (Fsp3) is 0.389. The van der Waals surface area contributed by atoms with E-state index in [-0.39, 0.29) is 6.10 Å². The largest absolute Gasteiger partial charge is 0.496 e. The quantitative estimate of drug-likeness (QED) is 0.867. The molecule has 1 aromatic carbocycles. The topological polar surface area (TPSA) is 40.6 Å². The monoisotopic (exact) mass is 299 g/mol. The number of ether oxygens (including phenoxy) is 3. The third-order valence-corrected chi connectivity index (χ3v) is 3.81. The van der Waals surface area contributed by atoms with Gasteiger partial charge in [0.25, 0.3) is 0 Å². The standard InChI is InChI=1S/C18H21NO3/c1-18(2)21-12-16(22-18)11-15-10-14(4-5-17(15)20-3)13-6-8-19-9-7-13/h4-10,16H,11-12H2,1-3H3. The molecule has 1 aliphatic rings. The van der Waals surface area contributed by atoms with Crippen LogP contribution in [0.25, 0.3) is 11.1 Å². The average Bonchev–Trinajstić information content (AvgIpc) is 2.87. The summed E-state index contributed by atoms with van der Waals surface area (Å²) < 4.78 is 17.0. The summed E-state index contributed by atoms with van der Waals surface area (Å²) in [6, 6.07) is 10.2. The van der Waals surface area contributed by atoms with Crippen molar-refractivity contribution in [1.29, 1.82) is 0 Å². The third kappa shape index (κ3) is 3.29. The molecule has 1 aromatic heterocycles. The summed E-state index contributed by atoms with van der Waals surface area (Å²) >= 11 is 0. The lowest BCUT2D eigenvalue weighted by Crippen LogP contribution is -2.22. The molecule has 1 unspecified atom stereocenters. The predicted molar refractivity (Wildman–Crippen MR) is 84.8 cm³/mol. The molecule has 0 radical (unpaired) electrons. The summed E-state index contributed by atoms with van der Waals surface area (Å²) in [6.45, 7) is 4.49. The Morgan fingerprint density at radius 3 is 2.59 bits per heavy atom. The highest BCUT2D eigenvalue weighted by molar-refractivity contribution is 5.65. The zero-order valence-electron chi connectivity index (χ0n) is 13.2. The predicted octanol–water partition coefficient (Wildman–Crippen LogP) is 3.45. The number of nitrogens with zero attached hydrogens (tertiary/aromatic N) is 1. The Balaban J connectivity index is 1.86. The van der Waals surface area contributed by atoms with Crippen LogP contribution in [0.2, 0.25) is 0 Å². The molecule has 22 heavy (non-hydrogen) atoms. The van der Waals surface area contributed by atoms with Gasteiger partial charge in [-0.15, -0.1) is 0 Å². The molecule has 1 atom stereocenters. The van der Waals surface area contributed by atoms with E-state index in [0.29, 0.717) is 6.61 Å². The number of aromatic nitrogens is 1. The highest BCUT2D eigenvalue weighted by Gasteiger charge is 2.33. The minimum Gasteiger partial charge on any atom is -0.496 e. The summed E-state index contributed by atoms with van der Waals surface area (Å²) in [6.07, 6.45) is 4.42. The van der Waals surface area contributed by atoms with Crippen LogP contribution in [0.4, 0.5) is 0 Å². The zero-order chi connectivity index (χ0) is 15.6. The highest BCUT2D eigenvalue weighted by atomic mass is 16.7. The van der Waals surface area contributed by atoms with Crippen molar-refractivity contribution in [3.8, 4) is 16.9 Å². The van der Waals surface area contributed by atoms with Crippen LogP contribution in [0, 0.1) is 0 Å². The third-order valence-electron chi connectivity index (χ3n) is 3.81. The first kappa shape index (κ1) is 15.0. The maximum absolute atomic E-state index is 5.91. The molecule has 4 nitrogen and oxygen atoms in total. The molecule has 3 rings (SSSR count). The zero-order valence-corrected chi connectivity index (χ0v) is 13.2. The van der Waals surface area contributed by atoms with Crippen molar-refractivity contribution in [1.82, 2.24) is 4.98 Å². The number of benzene rings is 1. The van der Waals surface area contributed by atoms with E-state index >= 15 is 0 Å². The van der Waals surface area contributed by atoms with E-state index in [1.165, 1.54) is 0 Å². The van der Waals surface area contributed by atoms with Crippen molar-refractivity contribution in [2.45, 2.75) is 32.2 Å². The molecule has 1 aliphatic heterocycles. The van der Waals surface area contributed by atoms with Gasteiger partial charge in [0.1, 0.15) is 5.75 Å². The van der Waals surface area contributed by atoms with Gasteiger partial charge in [0.05, 0.1) is 19.8 Å². The molecule has 4 heteroatoms. The fourth-order valence-corrected chi connectivity index (χ4v) is 2.77. The number of rotatable bonds is 4. The van der Waals surface area contributed by atoms with E-state index in [2.05, 4.69) is 17.1 Å². The highest BCUT2D eigenvalue weighted by Crippen LogP contribution is 2.30. The number of hydrogen-bond donors (Lipinski definition) is 0. The van der Waals surface area contributed by atoms with Crippen molar-refractivity contribution in [2.24, 2.45) is 0 Å². The smallest absolute Gasteiger partial charge is 0.163 e. The van der Waals surface area contributed by atoms with Crippen LogP contribution in [0.15, 0.2) is 42.7 Å². The molecule has 2 heterocycles. The van der Waals surface area contributed by atoms with Crippen LogP contribution >= 0.6 is 0 Å². The average molecular weight is 299 g/mol. The minimum absolute atomic E-state index is 0.0524. The lowest BCUT2D eigenvalue weighted by molar-refractivity contribution is -0.138. The second-order valence-corrected chi connectivity index (χ2v) is 5.92. The van der Waals surface area contributed by atoms with Crippen LogP contribution in [0.1, 0.15) is 19.4 Å². The van der Waals surface area contributed by atoms with Crippen molar-refractivity contribution in [3.05, 3.63) is 48.3 Å². The van der Waals surface area contributed by atoms with Crippen molar-refractivity contribution in [2.75, 3.05) is 13.7 Å². The molecular formula is C18H21NO3. The van der Waals surface area contributed by atoms with Gasteiger partial charge in [-0.2, -0.15) is 0 Å². The lowest BCUT2D eigenvalue weighted by Gasteiger charge is -2.18. The minimum atomic E-state index is -0.499. The Labute approximate surface area is 131 Å². The normalized spacial score (nSPS) is 20.0. The Morgan fingerprint density at radius 1 is 1.18 bits per heavy atom. The second-order valence-electron chi connectivity index (χ2n) is 5.92. The molecule has 0 saturated carbocycles. The lowest BCUT2D eigenvalue weighted by atomic mass is 10.00. The van der Waals surface area contributed by atoms with Gasteiger partial charge in [-0.3, -0.25) is 4.98 Å². The van der Waals surface area contributed by atoms with E-state index in [4.69, 9.17) is 14.2 Å². The molecular weight excluding hydrogens is 278 g/mol. The maximum Gasteiger partial charge on any atom is 0.163 e. The summed E-state index contributed by atoms with van der Waals surface area (Å²) in [5.41, 5.74) is 3.42. The first-order chi connectivity index (χ1) is 10.6. The van der Waals surface area contributed by atoms with Gasteiger partial charge in [-0.25, -0.2) is 0 Å². The molecule has 2 aromatic rings. The molecule has 1 fully saturated rings. The van der Waals surface area contributed by atoms with Gasteiger partial charge in [0.2, 0.25) is 0 Å². The Morgan fingerprint density at radius 2 is 1.95 bits per heavy atom. The second kappa shape index (κ2) is 6.07. The molecule has 116 valence electrons. The van der Waals surface area contributed by atoms with Crippen LogP contribution in [0.3, 0.4) is 0 Å². The first-order valence-electron chi connectivity index (χ1n) is 7.46. The summed E-state index contributed by atoms with van der Waals surface area (Å²) in [5.74, 6) is 0.381. The van der Waals surface area contributed by atoms with E-state index in [1.54, 1.807) is 19.5 Å².